The number of rotatable bonds is 8. The molecule has 0 saturated heterocycles. The van der Waals surface area contributed by atoms with Gasteiger partial charge in [-0.1, -0.05) is 42.1 Å². The van der Waals surface area contributed by atoms with Gasteiger partial charge in [0.05, 0.1) is 28.5 Å². The molecule has 3 aromatic rings. The van der Waals surface area contributed by atoms with Gasteiger partial charge in [-0.05, 0) is 74.6 Å². The van der Waals surface area contributed by atoms with Crippen LogP contribution < -0.4 is 10.6 Å². The molecule has 2 N–H and O–H groups in total. The van der Waals surface area contributed by atoms with Gasteiger partial charge < -0.3 is 15.4 Å². The molecule has 0 unspecified atom stereocenters. The topological polar surface area (TPSA) is 84.5 Å². The van der Waals surface area contributed by atoms with Crippen LogP contribution in [0.15, 0.2) is 47.4 Å². The standard InChI is InChI=1S/C28H28Cl2N2O4S2/c1-2-36-28(35)25-21-10-5-3-4-6-11-23(21)38-27(25)32-24(33)16-37-19-9-7-8-18(15-19)31-26(34)20-13-12-17(29)14-22(20)30/h7-9,12-15H,2-6,10-11,16H2,1H3,(H,31,34)(H,32,33). The fraction of sp³-hybridized carbons (Fsp3) is 0.321. The van der Waals surface area contributed by atoms with Gasteiger partial charge in [0.1, 0.15) is 5.00 Å². The largest absolute Gasteiger partial charge is 0.462 e. The number of thiophene rings is 1. The number of halogens is 2. The van der Waals surface area contributed by atoms with E-state index in [1.807, 2.05) is 6.07 Å². The summed E-state index contributed by atoms with van der Waals surface area (Å²) < 4.78 is 5.33. The Bertz CT molecular complexity index is 1340. The van der Waals surface area contributed by atoms with Crippen molar-refractivity contribution >= 4 is 74.8 Å². The molecule has 0 fully saturated rings. The molecule has 0 spiro atoms. The third kappa shape index (κ3) is 7.32. The summed E-state index contributed by atoms with van der Waals surface area (Å²) in [5.41, 5.74) is 2.43. The number of hydrogen-bond donors (Lipinski definition) is 2. The first-order valence-electron chi connectivity index (χ1n) is 12.5. The van der Waals surface area contributed by atoms with E-state index in [9.17, 15) is 14.4 Å². The zero-order valence-electron chi connectivity index (χ0n) is 20.9. The number of nitrogens with one attached hydrogen (secondary N) is 2. The number of ether oxygens (including phenoxy) is 1. The molecular formula is C28H28Cl2N2O4S2. The lowest BCUT2D eigenvalue weighted by Crippen LogP contribution is -2.17. The predicted molar refractivity (Wildman–Crippen MR) is 156 cm³/mol. The monoisotopic (exact) mass is 590 g/mol. The highest BCUT2D eigenvalue weighted by molar-refractivity contribution is 8.00. The van der Waals surface area contributed by atoms with Gasteiger partial charge in [-0.3, -0.25) is 9.59 Å². The van der Waals surface area contributed by atoms with Gasteiger partial charge in [-0.2, -0.15) is 0 Å². The molecule has 1 heterocycles. The molecule has 200 valence electrons. The second-order valence-electron chi connectivity index (χ2n) is 8.79. The molecule has 38 heavy (non-hydrogen) atoms. The summed E-state index contributed by atoms with van der Waals surface area (Å²) in [6.45, 7) is 2.06. The molecule has 0 aliphatic heterocycles. The van der Waals surface area contributed by atoms with Crippen LogP contribution in [0.5, 0.6) is 0 Å². The van der Waals surface area contributed by atoms with Gasteiger partial charge in [0.15, 0.2) is 0 Å². The van der Waals surface area contributed by atoms with Gasteiger partial charge in [-0.15, -0.1) is 23.1 Å². The van der Waals surface area contributed by atoms with E-state index in [-0.39, 0.29) is 35.2 Å². The third-order valence-electron chi connectivity index (χ3n) is 6.04. The summed E-state index contributed by atoms with van der Waals surface area (Å²) in [5.74, 6) is -0.799. The highest BCUT2D eigenvalue weighted by Gasteiger charge is 2.26. The normalized spacial score (nSPS) is 13.1. The minimum Gasteiger partial charge on any atom is -0.462 e. The first-order valence-corrected chi connectivity index (χ1v) is 15.0. The van der Waals surface area contributed by atoms with Crippen LogP contribution in [0.1, 0.15) is 63.8 Å². The van der Waals surface area contributed by atoms with Gasteiger partial charge in [-0.25, -0.2) is 4.79 Å². The molecule has 2 amide bonds. The highest BCUT2D eigenvalue weighted by atomic mass is 35.5. The SMILES string of the molecule is CCOC(=O)c1c(NC(=O)CSc2cccc(NC(=O)c3ccc(Cl)cc3Cl)c2)sc2c1CCCCCC2. The Hall–Kier alpha value is -2.52. The lowest BCUT2D eigenvalue weighted by molar-refractivity contribution is -0.113. The number of amides is 2. The van der Waals surface area contributed by atoms with Crippen molar-refractivity contribution in [3.8, 4) is 0 Å². The second kappa shape index (κ2) is 13.5. The van der Waals surface area contributed by atoms with Crippen molar-refractivity contribution < 1.29 is 19.1 Å². The van der Waals surface area contributed by atoms with E-state index in [1.54, 1.807) is 37.3 Å². The number of aryl methyl sites for hydroxylation is 1. The first kappa shape index (κ1) is 28.5. The number of fused-ring (bicyclic) bond motifs is 1. The molecule has 2 aromatic carbocycles. The molecule has 0 bridgehead atoms. The Morgan fingerprint density at radius 2 is 1.79 bits per heavy atom. The number of thioether (sulfide) groups is 1. The molecule has 1 aliphatic rings. The fourth-order valence-corrected chi connectivity index (χ4v) is 6.82. The molecule has 1 aliphatic carbocycles. The molecule has 4 rings (SSSR count). The predicted octanol–water partition coefficient (Wildman–Crippen LogP) is 7.87. The van der Waals surface area contributed by atoms with Crippen molar-refractivity contribution in [2.75, 3.05) is 23.0 Å². The summed E-state index contributed by atoms with van der Waals surface area (Å²) >= 11 is 14.9. The Morgan fingerprint density at radius 1 is 1.00 bits per heavy atom. The summed E-state index contributed by atoms with van der Waals surface area (Å²) in [4.78, 5) is 40.3. The van der Waals surface area contributed by atoms with Crippen LogP contribution in [0.25, 0.3) is 0 Å². The zero-order chi connectivity index (χ0) is 27.1. The van der Waals surface area contributed by atoms with E-state index < -0.39 is 0 Å². The van der Waals surface area contributed by atoms with E-state index in [0.717, 1.165) is 42.6 Å². The second-order valence-corrected chi connectivity index (χ2v) is 11.8. The maximum Gasteiger partial charge on any atom is 0.341 e. The molecule has 1 aromatic heterocycles. The van der Waals surface area contributed by atoms with Crippen LogP contribution in [0, 0.1) is 0 Å². The van der Waals surface area contributed by atoms with Gasteiger partial charge in [0.25, 0.3) is 5.91 Å². The van der Waals surface area contributed by atoms with E-state index in [0.29, 0.717) is 26.8 Å². The van der Waals surface area contributed by atoms with Crippen LogP contribution >= 0.6 is 46.3 Å². The number of carbonyl (C=O) groups excluding carboxylic acids is 3. The Kier molecular flexibility index (Phi) is 10.1. The number of hydrogen-bond acceptors (Lipinski definition) is 6. The minimum absolute atomic E-state index is 0.144. The van der Waals surface area contributed by atoms with Gasteiger partial charge >= 0.3 is 5.97 Å². The van der Waals surface area contributed by atoms with E-state index in [1.165, 1.54) is 40.5 Å². The summed E-state index contributed by atoms with van der Waals surface area (Å²) in [5, 5.41) is 7.07. The quantitative estimate of drug-likeness (QED) is 0.206. The van der Waals surface area contributed by atoms with Gasteiger partial charge in [0.2, 0.25) is 5.91 Å². The molecule has 0 atom stereocenters. The number of benzene rings is 2. The van der Waals surface area contributed by atoms with Crippen molar-refractivity contribution in [1.82, 2.24) is 0 Å². The van der Waals surface area contributed by atoms with Crippen molar-refractivity contribution in [3.05, 3.63) is 74.1 Å². The smallest absolute Gasteiger partial charge is 0.341 e. The third-order valence-corrected chi connectivity index (χ3v) is 8.79. The highest BCUT2D eigenvalue weighted by Crippen LogP contribution is 2.38. The van der Waals surface area contributed by atoms with Crippen LogP contribution in [0.3, 0.4) is 0 Å². The Morgan fingerprint density at radius 3 is 2.55 bits per heavy atom. The van der Waals surface area contributed by atoms with Crippen molar-refractivity contribution in [1.29, 1.82) is 0 Å². The summed E-state index contributed by atoms with van der Waals surface area (Å²) in [7, 11) is 0. The van der Waals surface area contributed by atoms with E-state index in [4.69, 9.17) is 27.9 Å². The summed E-state index contributed by atoms with van der Waals surface area (Å²) in [6.07, 6.45) is 6.16. The van der Waals surface area contributed by atoms with Crippen molar-refractivity contribution in [2.24, 2.45) is 0 Å². The Labute approximate surface area is 240 Å². The number of carbonyl (C=O) groups is 3. The maximum absolute atomic E-state index is 12.9. The van der Waals surface area contributed by atoms with Crippen LogP contribution in [-0.4, -0.2) is 30.1 Å². The molecular weight excluding hydrogens is 563 g/mol. The number of esters is 1. The number of anilines is 2. The lowest BCUT2D eigenvalue weighted by Gasteiger charge is -2.11. The van der Waals surface area contributed by atoms with Crippen LogP contribution in [0.2, 0.25) is 10.0 Å². The van der Waals surface area contributed by atoms with Crippen molar-refractivity contribution in [2.45, 2.75) is 50.3 Å². The zero-order valence-corrected chi connectivity index (χ0v) is 24.0. The molecule has 6 nitrogen and oxygen atoms in total. The average molecular weight is 592 g/mol. The first-order chi connectivity index (χ1) is 18.4. The summed E-state index contributed by atoms with van der Waals surface area (Å²) in [6, 6.07) is 11.9. The van der Waals surface area contributed by atoms with Crippen LogP contribution in [-0.2, 0) is 22.4 Å². The van der Waals surface area contributed by atoms with E-state index in [2.05, 4.69) is 10.6 Å². The molecule has 0 saturated carbocycles. The maximum atomic E-state index is 12.9. The Balaban J connectivity index is 1.42. The van der Waals surface area contributed by atoms with Gasteiger partial charge in [0, 0.05) is 20.5 Å². The van der Waals surface area contributed by atoms with Crippen molar-refractivity contribution in [3.63, 3.8) is 0 Å². The lowest BCUT2D eigenvalue weighted by atomic mass is 9.96. The van der Waals surface area contributed by atoms with E-state index >= 15 is 0 Å². The molecule has 0 radical (unpaired) electrons. The fourth-order valence-electron chi connectivity index (χ4n) is 4.27. The average Bonchev–Trinajstić information content (AvgIpc) is 3.18. The molecule has 10 heteroatoms. The van der Waals surface area contributed by atoms with Crippen LogP contribution in [0.4, 0.5) is 10.7 Å². The minimum atomic E-state index is -0.377.